The van der Waals surface area contributed by atoms with Gasteiger partial charge in [-0.2, -0.15) is 4.90 Å². The minimum atomic E-state index is -0.995. The summed E-state index contributed by atoms with van der Waals surface area (Å²) in [5.74, 6) is -1.04. The molecule has 0 radical (unpaired) electrons. The lowest BCUT2D eigenvalue weighted by Crippen LogP contribution is -2.38. The Labute approximate surface area is 120 Å². The van der Waals surface area contributed by atoms with Crippen molar-refractivity contribution < 1.29 is 19.1 Å². The summed E-state index contributed by atoms with van der Waals surface area (Å²) < 4.78 is 5.05. The fraction of sp³-hybridized carbons (Fsp3) is 0.0625. The van der Waals surface area contributed by atoms with Gasteiger partial charge in [-0.15, -0.1) is 0 Å². The summed E-state index contributed by atoms with van der Waals surface area (Å²) in [7, 11) is 0. The van der Waals surface area contributed by atoms with E-state index in [4.69, 9.17) is 4.74 Å². The van der Waals surface area contributed by atoms with Gasteiger partial charge in [0.2, 0.25) is 0 Å². The molecule has 0 bridgehead atoms. The highest BCUT2D eigenvalue weighted by Crippen LogP contribution is 2.25. The van der Waals surface area contributed by atoms with Crippen LogP contribution in [0.1, 0.15) is 26.3 Å². The van der Waals surface area contributed by atoms with Crippen LogP contribution in [0.15, 0.2) is 48.5 Å². The van der Waals surface area contributed by atoms with Crippen LogP contribution in [0.5, 0.6) is 5.75 Å². The second-order valence-electron chi connectivity index (χ2n) is 4.68. The lowest BCUT2D eigenvalue weighted by molar-refractivity contribution is 0.0660. The molecule has 0 saturated heterocycles. The maximum atomic E-state index is 12.2. The molecule has 1 aliphatic rings. The second kappa shape index (κ2) is 4.86. The number of fused-ring (bicyclic) bond motifs is 1. The molecule has 0 saturated carbocycles. The Hall–Kier alpha value is -2.95. The molecule has 3 amide bonds. The fourth-order valence-corrected chi connectivity index (χ4v) is 2.16. The number of rotatable bonds is 1. The normalized spacial score (nSPS) is 13.3. The number of hydrogen-bond donors (Lipinski definition) is 0. The SMILES string of the molecule is Cc1ccc2c(c1)C(=O)N(C(=O)Oc1ccccc1)C2=O. The molecule has 0 spiro atoms. The molecule has 1 aliphatic heterocycles. The summed E-state index contributed by atoms with van der Waals surface area (Å²) in [6.45, 7) is 1.81. The molecule has 1 heterocycles. The number of nitrogens with zero attached hydrogens (tertiary/aromatic N) is 1. The Morgan fingerprint density at radius 1 is 0.952 bits per heavy atom. The van der Waals surface area contributed by atoms with Crippen LogP contribution in [0.2, 0.25) is 0 Å². The van der Waals surface area contributed by atoms with Gasteiger partial charge in [0.05, 0.1) is 11.1 Å². The number of aryl methyl sites for hydroxylation is 1. The summed E-state index contributed by atoms with van der Waals surface area (Å²) in [6.07, 6.45) is -0.995. The molecule has 3 rings (SSSR count). The van der Waals surface area contributed by atoms with Crippen LogP contribution in [-0.4, -0.2) is 22.8 Å². The van der Waals surface area contributed by atoms with Gasteiger partial charge < -0.3 is 4.74 Å². The number of carbonyl (C=O) groups is 3. The first-order valence-electron chi connectivity index (χ1n) is 6.34. The summed E-state index contributed by atoms with van der Waals surface area (Å²) >= 11 is 0. The molecular weight excluding hydrogens is 270 g/mol. The molecule has 104 valence electrons. The van der Waals surface area contributed by atoms with Crippen molar-refractivity contribution >= 4 is 17.9 Å². The fourth-order valence-electron chi connectivity index (χ4n) is 2.16. The monoisotopic (exact) mass is 281 g/mol. The Morgan fingerprint density at radius 3 is 2.33 bits per heavy atom. The molecule has 2 aromatic carbocycles. The summed E-state index contributed by atoms with van der Waals surface area (Å²) in [5.41, 5.74) is 1.29. The number of para-hydroxylation sites is 1. The third kappa shape index (κ3) is 2.18. The van der Waals surface area contributed by atoms with E-state index in [9.17, 15) is 14.4 Å². The number of amides is 3. The van der Waals surface area contributed by atoms with Crippen molar-refractivity contribution in [1.82, 2.24) is 4.90 Å². The minimum Gasteiger partial charge on any atom is -0.410 e. The zero-order chi connectivity index (χ0) is 15.0. The smallest absolute Gasteiger partial charge is 0.410 e. The molecule has 21 heavy (non-hydrogen) atoms. The highest BCUT2D eigenvalue weighted by Gasteiger charge is 2.41. The van der Waals surface area contributed by atoms with Gasteiger partial charge in [-0.25, -0.2) is 4.79 Å². The van der Waals surface area contributed by atoms with E-state index in [0.717, 1.165) is 5.56 Å². The number of benzene rings is 2. The Balaban J connectivity index is 1.89. The van der Waals surface area contributed by atoms with E-state index >= 15 is 0 Å². The van der Waals surface area contributed by atoms with Crippen LogP contribution >= 0.6 is 0 Å². The molecule has 0 aromatic heterocycles. The Morgan fingerprint density at radius 2 is 1.62 bits per heavy atom. The topological polar surface area (TPSA) is 63.7 Å². The van der Waals surface area contributed by atoms with Crippen LogP contribution in [0.4, 0.5) is 4.79 Å². The minimum absolute atomic E-state index is 0.218. The van der Waals surface area contributed by atoms with Crippen LogP contribution < -0.4 is 4.74 Å². The third-order valence-corrected chi connectivity index (χ3v) is 3.17. The number of ether oxygens (including phenoxy) is 1. The number of hydrogen-bond acceptors (Lipinski definition) is 4. The van der Waals surface area contributed by atoms with E-state index in [0.29, 0.717) is 4.90 Å². The first-order chi connectivity index (χ1) is 10.1. The van der Waals surface area contributed by atoms with Crippen molar-refractivity contribution in [3.8, 4) is 5.75 Å². The molecule has 2 aromatic rings. The van der Waals surface area contributed by atoms with Crippen molar-refractivity contribution in [3.63, 3.8) is 0 Å². The second-order valence-corrected chi connectivity index (χ2v) is 4.68. The number of carbonyl (C=O) groups excluding carboxylic acids is 3. The Kier molecular flexibility index (Phi) is 3.02. The van der Waals surface area contributed by atoms with E-state index in [2.05, 4.69) is 0 Å². The van der Waals surface area contributed by atoms with Gasteiger partial charge in [-0.3, -0.25) is 9.59 Å². The standard InChI is InChI=1S/C16H11NO4/c1-10-7-8-12-13(9-10)15(19)17(14(12)18)16(20)21-11-5-3-2-4-6-11/h2-9H,1H3. The summed E-state index contributed by atoms with van der Waals surface area (Å²) in [4.78, 5) is 36.9. The summed E-state index contributed by atoms with van der Waals surface area (Å²) in [5, 5.41) is 0. The highest BCUT2D eigenvalue weighted by molar-refractivity contribution is 6.28. The first-order valence-corrected chi connectivity index (χ1v) is 6.34. The summed E-state index contributed by atoms with van der Waals surface area (Å²) in [6, 6.07) is 13.1. The van der Waals surface area contributed by atoms with Gasteiger partial charge in [0.1, 0.15) is 5.75 Å². The van der Waals surface area contributed by atoms with E-state index < -0.39 is 17.9 Å². The zero-order valence-electron chi connectivity index (χ0n) is 11.2. The van der Waals surface area contributed by atoms with Crippen molar-refractivity contribution in [2.45, 2.75) is 6.92 Å². The number of imide groups is 3. The van der Waals surface area contributed by atoms with Gasteiger partial charge in [0, 0.05) is 0 Å². The maximum absolute atomic E-state index is 12.2. The van der Waals surface area contributed by atoms with Crippen LogP contribution in [-0.2, 0) is 0 Å². The highest BCUT2D eigenvalue weighted by atomic mass is 16.6. The van der Waals surface area contributed by atoms with Gasteiger partial charge >= 0.3 is 6.09 Å². The quantitative estimate of drug-likeness (QED) is 0.754. The van der Waals surface area contributed by atoms with Crippen molar-refractivity contribution in [3.05, 3.63) is 65.2 Å². The van der Waals surface area contributed by atoms with Crippen LogP contribution in [0, 0.1) is 6.92 Å². The molecule has 0 N–H and O–H groups in total. The first kappa shape index (κ1) is 13.1. The van der Waals surface area contributed by atoms with Gasteiger partial charge in [0.25, 0.3) is 11.8 Å². The van der Waals surface area contributed by atoms with Gasteiger partial charge in [0.15, 0.2) is 0 Å². The van der Waals surface area contributed by atoms with E-state index in [1.54, 1.807) is 48.5 Å². The van der Waals surface area contributed by atoms with Gasteiger partial charge in [-0.05, 0) is 31.2 Å². The zero-order valence-corrected chi connectivity index (χ0v) is 11.2. The molecule has 5 nitrogen and oxygen atoms in total. The van der Waals surface area contributed by atoms with E-state index in [1.165, 1.54) is 0 Å². The van der Waals surface area contributed by atoms with Crippen molar-refractivity contribution in [2.75, 3.05) is 0 Å². The Bertz CT molecular complexity index is 752. The van der Waals surface area contributed by atoms with Crippen molar-refractivity contribution in [1.29, 1.82) is 0 Å². The van der Waals surface area contributed by atoms with Crippen LogP contribution in [0.3, 0.4) is 0 Å². The van der Waals surface area contributed by atoms with E-state index in [1.807, 2.05) is 6.92 Å². The molecule has 0 unspecified atom stereocenters. The molecular formula is C16H11NO4. The predicted molar refractivity (Wildman–Crippen MR) is 74.1 cm³/mol. The van der Waals surface area contributed by atoms with Crippen LogP contribution in [0.25, 0.3) is 0 Å². The molecule has 0 aliphatic carbocycles. The average Bonchev–Trinajstić information content (AvgIpc) is 2.71. The molecule has 0 fully saturated rings. The third-order valence-electron chi connectivity index (χ3n) is 3.17. The predicted octanol–water partition coefficient (Wildman–Crippen LogP) is 2.79. The van der Waals surface area contributed by atoms with E-state index in [-0.39, 0.29) is 16.9 Å². The lowest BCUT2D eigenvalue weighted by Gasteiger charge is -2.11. The molecule has 0 atom stereocenters. The molecule has 5 heteroatoms. The maximum Gasteiger partial charge on any atom is 0.429 e. The lowest BCUT2D eigenvalue weighted by atomic mass is 10.1. The van der Waals surface area contributed by atoms with Gasteiger partial charge in [-0.1, -0.05) is 29.8 Å². The largest absolute Gasteiger partial charge is 0.429 e. The average molecular weight is 281 g/mol. The van der Waals surface area contributed by atoms with Crippen molar-refractivity contribution in [2.24, 2.45) is 0 Å².